The minimum absolute atomic E-state index is 0.0743. The molecule has 0 heterocycles. The summed E-state index contributed by atoms with van der Waals surface area (Å²) in [5.41, 5.74) is 3.29. The van der Waals surface area contributed by atoms with Gasteiger partial charge in [0, 0.05) is 5.56 Å². The first-order chi connectivity index (χ1) is 12.5. The molecule has 0 N–H and O–H groups in total. The van der Waals surface area contributed by atoms with Gasteiger partial charge in [-0.15, -0.1) is 0 Å². The summed E-state index contributed by atoms with van der Waals surface area (Å²) in [6, 6.07) is 20.0. The first kappa shape index (κ1) is 18.3. The van der Waals surface area contributed by atoms with Gasteiger partial charge in [-0.2, -0.15) is 0 Å². The van der Waals surface area contributed by atoms with Crippen LogP contribution >= 0.6 is 11.6 Å². The van der Waals surface area contributed by atoms with Crippen molar-refractivity contribution in [3.63, 3.8) is 0 Å². The van der Waals surface area contributed by atoms with E-state index in [0.717, 1.165) is 12.0 Å². The molecule has 1 atom stereocenters. The summed E-state index contributed by atoms with van der Waals surface area (Å²) in [4.78, 5) is 0. The van der Waals surface area contributed by atoms with Crippen molar-refractivity contribution in [3.05, 3.63) is 106 Å². The zero-order valence-electron chi connectivity index (χ0n) is 14.4. The number of rotatable bonds is 5. The molecule has 0 spiro atoms. The Morgan fingerprint density at radius 2 is 1.65 bits per heavy atom. The zero-order valence-corrected chi connectivity index (χ0v) is 15.2. The summed E-state index contributed by atoms with van der Waals surface area (Å²) >= 11 is 5.67. The Balaban J connectivity index is 1.73. The molecule has 0 radical (unpaired) electrons. The van der Waals surface area contributed by atoms with Gasteiger partial charge in [0.2, 0.25) is 0 Å². The second kappa shape index (κ2) is 8.29. The third kappa shape index (κ3) is 4.59. The molecule has 3 rings (SSSR count). The standard InChI is InChI=1S/C23H19ClF2/c1-16(19-5-3-2-4-6-19)13-18-8-11-20(22(25)15-18)10-7-17-9-12-21(24)23(26)14-17/h2-12,14-16H,13H2,1H3/t16-/m0/s1. The van der Waals surface area contributed by atoms with E-state index in [9.17, 15) is 8.78 Å². The zero-order chi connectivity index (χ0) is 18.5. The Bertz CT molecular complexity index is 917. The average Bonchev–Trinajstić information content (AvgIpc) is 2.64. The van der Waals surface area contributed by atoms with E-state index in [-0.39, 0.29) is 10.8 Å². The van der Waals surface area contributed by atoms with Crippen LogP contribution in [-0.4, -0.2) is 0 Å². The molecule has 0 fully saturated rings. The van der Waals surface area contributed by atoms with Gasteiger partial charge in [0.25, 0.3) is 0 Å². The van der Waals surface area contributed by atoms with Gasteiger partial charge in [-0.25, -0.2) is 8.78 Å². The van der Waals surface area contributed by atoms with Crippen molar-refractivity contribution in [3.8, 4) is 0 Å². The van der Waals surface area contributed by atoms with Crippen molar-refractivity contribution in [2.24, 2.45) is 0 Å². The molecular formula is C23H19ClF2. The molecule has 0 nitrogen and oxygen atoms in total. The lowest BCUT2D eigenvalue weighted by atomic mass is 9.93. The van der Waals surface area contributed by atoms with Crippen LogP contribution in [0.3, 0.4) is 0 Å². The monoisotopic (exact) mass is 368 g/mol. The first-order valence-corrected chi connectivity index (χ1v) is 8.87. The van der Waals surface area contributed by atoms with Gasteiger partial charge < -0.3 is 0 Å². The number of halogens is 3. The lowest BCUT2D eigenvalue weighted by Gasteiger charge is -2.12. The number of hydrogen-bond acceptors (Lipinski definition) is 0. The average molecular weight is 369 g/mol. The summed E-state index contributed by atoms with van der Waals surface area (Å²) in [7, 11) is 0. The van der Waals surface area contributed by atoms with E-state index in [1.807, 2.05) is 24.3 Å². The lowest BCUT2D eigenvalue weighted by molar-refractivity contribution is 0.620. The van der Waals surface area contributed by atoms with Crippen molar-refractivity contribution in [2.45, 2.75) is 19.3 Å². The molecule has 0 bridgehead atoms. The minimum Gasteiger partial charge on any atom is -0.206 e. The number of benzene rings is 3. The van der Waals surface area contributed by atoms with Crippen molar-refractivity contribution >= 4 is 23.8 Å². The molecule has 0 unspecified atom stereocenters. The van der Waals surface area contributed by atoms with E-state index in [2.05, 4.69) is 19.1 Å². The Labute approximate surface area is 157 Å². The quantitative estimate of drug-likeness (QED) is 0.420. The molecular weight excluding hydrogens is 350 g/mol. The predicted octanol–water partition coefficient (Wildman–Crippen LogP) is 7.13. The Kier molecular flexibility index (Phi) is 5.85. The van der Waals surface area contributed by atoms with Gasteiger partial charge >= 0.3 is 0 Å². The molecule has 0 saturated heterocycles. The molecule has 0 aliphatic rings. The van der Waals surface area contributed by atoms with E-state index < -0.39 is 5.82 Å². The minimum atomic E-state index is -0.487. The molecule has 0 saturated carbocycles. The molecule has 26 heavy (non-hydrogen) atoms. The van der Waals surface area contributed by atoms with Crippen LogP contribution in [0.4, 0.5) is 8.78 Å². The second-order valence-electron chi connectivity index (χ2n) is 6.38. The molecule has 0 aliphatic heterocycles. The largest absolute Gasteiger partial charge is 0.206 e. The highest BCUT2D eigenvalue weighted by Gasteiger charge is 2.08. The van der Waals surface area contributed by atoms with Crippen molar-refractivity contribution in [1.29, 1.82) is 0 Å². The SMILES string of the molecule is C[C@@H](Cc1ccc(C=Cc2ccc(Cl)c(F)c2)c(F)c1)c1ccccc1. The lowest BCUT2D eigenvalue weighted by Crippen LogP contribution is -1.99. The Morgan fingerprint density at radius 1 is 0.885 bits per heavy atom. The van der Waals surface area contributed by atoms with Gasteiger partial charge in [-0.1, -0.05) is 79.2 Å². The maximum atomic E-state index is 14.4. The summed E-state index contributed by atoms with van der Waals surface area (Å²) < 4.78 is 27.9. The van der Waals surface area contributed by atoms with E-state index in [4.69, 9.17) is 11.6 Å². The third-order valence-electron chi connectivity index (χ3n) is 4.37. The first-order valence-electron chi connectivity index (χ1n) is 8.49. The Hall–Kier alpha value is -2.45. The van der Waals surface area contributed by atoms with Crippen LogP contribution in [0.25, 0.3) is 12.2 Å². The highest BCUT2D eigenvalue weighted by molar-refractivity contribution is 6.30. The van der Waals surface area contributed by atoms with Gasteiger partial charge in [0.05, 0.1) is 5.02 Å². The molecule has 132 valence electrons. The highest BCUT2D eigenvalue weighted by Crippen LogP contribution is 2.23. The van der Waals surface area contributed by atoms with E-state index in [1.54, 1.807) is 30.4 Å². The van der Waals surface area contributed by atoms with E-state index in [1.165, 1.54) is 17.7 Å². The molecule has 3 aromatic rings. The fourth-order valence-corrected chi connectivity index (χ4v) is 3.01. The second-order valence-corrected chi connectivity index (χ2v) is 6.79. The smallest absolute Gasteiger partial charge is 0.142 e. The van der Waals surface area contributed by atoms with Crippen LogP contribution in [0.15, 0.2) is 66.7 Å². The fraction of sp³-hybridized carbons (Fsp3) is 0.130. The van der Waals surface area contributed by atoms with Crippen LogP contribution in [0, 0.1) is 11.6 Å². The number of hydrogen-bond donors (Lipinski definition) is 0. The van der Waals surface area contributed by atoms with E-state index in [0.29, 0.717) is 17.0 Å². The molecule has 0 aliphatic carbocycles. The highest BCUT2D eigenvalue weighted by atomic mass is 35.5. The Morgan fingerprint density at radius 3 is 2.35 bits per heavy atom. The maximum absolute atomic E-state index is 14.4. The normalized spacial score (nSPS) is 12.5. The van der Waals surface area contributed by atoms with Gasteiger partial charge in [-0.3, -0.25) is 0 Å². The topological polar surface area (TPSA) is 0 Å². The summed E-state index contributed by atoms with van der Waals surface area (Å²) in [5, 5.41) is 0.0743. The van der Waals surface area contributed by atoms with E-state index >= 15 is 0 Å². The molecule has 3 heteroatoms. The van der Waals surface area contributed by atoms with Gasteiger partial charge in [0.1, 0.15) is 11.6 Å². The van der Waals surface area contributed by atoms with Gasteiger partial charge in [0.15, 0.2) is 0 Å². The summed E-state index contributed by atoms with van der Waals surface area (Å²) in [6.07, 6.45) is 4.08. The fourth-order valence-electron chi connectivity index (χ4n) is 2.89. The van der Waals surface area contributed by atoms with Crippen molar-refractivity contribution < 1.29 is 8.78 Å². The third-order valence-corrected chi connectivity index (χ3v) is 4.68. The van der Waals surface area contributed by atoms with Crippen molar-refractivity contribution in [1.82, 2.24) is 0 Å². The van der Waals surface area contributed by atoms with Crippen LogP contribution in [0.1, 0.15) is 35.1 Å². The summed E-state index contributed by atoms with van der Waals surface area (Å²) in [5.74, 6) is -0.456. The van der Waals surface area contributed by atoms with Crippen LogP contribution in [0.5, 0.6) is 0 Å². The van der Waals surface area contributed by atoms with Crippen LogP contribution in [0.2, 0.25) is 5.02 Å². The predicted molar refractivity (Wildman–Crippen MR) is 105 cm³/mol. The van der Waals surface area contributed by atoms with Crippen LogP contribution < -0.4 is 0 Å². The van der Waals surface area contributed by atoms with Crippen LogP contribution in [-0.2, 0) is 6.42 Å². The van der Waals surface area contributed by atoms with Gasteiger partial charge in [-0.05, 0) is 47.2 Å². The van der Waals surface area contributed by atoms with Crippen molar-refractivity contribution in [2.75, 3.05) is 0 Å². The molecule has 0 aromatic heterocycles. The molecule has 3 aromatic carbocycles. The summed E-state index contributed by atoms with van der Waals surface area (Å²) in [6.45, 7) is 2.14. The molecule has 0 amide bonds. The maximum Gasteiger partial charge on any atom is 0.142 e.